The van der Waals surface area contributed by atoms with Crippen LogP contribution < -0.4 is 4.72 Å². The van der Waals surface area contributed by atoms with Gasteiger partial charge in [0.25, 0.3) is 0 Å². The highest BCUT2D eigenvalue weighted by molar-refractivity contribution is 7.89. The topological polar surface area (TPSA) is 96.6 Å². The Morgan fingerprint density at radius 1 is 1.29 bits per heavy atom. The third-order valence-electron chi connectivity index (χ3n) is 3.97. The van der Waals surface area contributed by atoms with Crippen molar-refractivity contribution in [3.05, 3.63) is 17.1 Å². The van der Waals surface area contributed by atoms with E-state index in [1.807, 2.05) is 27.7 Å². The molecule has 0 radical (unpaired) electrons. The van der Waals surface area contributed by atoms with Crippen molar-refractivity contribution < 1.29 is 22.7 Å². The van der Waals surface area contributed by atoms with Crippen LogP contribution in [0.4, 0.5) is 0 Å². The lowest BCUT2D eigenvalue weighted by Crippen LogP contribution is -2.37. The first kappa shape index (κ1) is 17.7. The molecule has 0 amide bonds. The average molecular weight is 317 g/mol. The average Bonchev–Trinajstić information content (AvgIpc) is 2.62. The zero-order valence-corrected chi connectivity index (χ0v) is 14.1. The molecule has 0 aromatic carbocycles. The van der Waals surface area contributed by atoms with Crippen LogP contribution in [0.1, 0.15) is 49.6 Å². The molecule has 120 valence electrons. The molecule has 2 N–H and O–H groups in total. The highest BCUT2D eigenvalue weighted by atomic mass is 32.2. The summed E-state index contributed by atoms with van der Waals surface area (Å²) in [6, 6.07) is 0. The van der Waals surface area contributed by atoms with Gasteiger partial charge in [0.2, 0.25) is 10.0 Å². The second-order valence-electron chi connectivity index (χ2n) is 6.19. The lowest BCUT2D eigenvalue weighted by molar-refractivity contribution is 0.0691. The van der Waals surface area contributed by atoms with E-state index < -0.39 is 16.0 Å². The first-order valence-electron chi connectivity index (χ1n) is 6.73. The Balaban J connectivity index is 3.19. The summed E-state index contributed by atoms with van der Waals surface area (Å²) < 4.78 is 32.5. The molecular weight excluding hydrogens is 294 g/mol. The van der Waals surface area contributed by atoms with Gasteiger partial charge >= 0.3 is 5.97 Å². The van der Waals surface area contributed by atoms with Crippen LogP contribution in [-0.4, -0.2) is 26.0 Å². The van der Waals surface area contributed by atoms with Crippen LogP contribution in [0.15, 0.2) is 9.31 Å². The Hall–Kier alpha value is -1.34. The first-order chi connectivity index (χ1) is 9.40. The third-order valence-corrected chi connectivity index (χ3v) is 5.52. The van der Waals surface area contributed by atoms with Gasteiger partial charge in [0.1, 0.15) is 22.0 Å². The molecular formula is C14H23NO5S. The van der Waals surface area contributed by atoms with Crippen molar-refractivity contribution in [2.75, 3.05) is 6.54 Å². The molecule has 1 aromatic rings. The van der Waals surface area contributed by atoms with Crippen LogP contribution in [0, 0.1) is 25.2 Å². The number of furan rings is 1. The number of nitrogens with one attached hydrogen (secondary N) is 1. The molecule has 0 aliphatic carbocycles. The van der Waals surface area contributed by atoms with E-state index in [4.69, 9.17) is 4.42 Å². The molecule has 6 nitrogen and oxygen atoms in total. The number of sulfonamides is 1. The van der Waals surface area contributed by atoms with E-state index >= 15 is 0 Å². The van der Waals surface area contributed by atoms with Gasteiger partial charge in [-0.25, -0.2) is 17.9 Å². The van der Waals surface area contributed by atoms with Gasteiger partial charge in [-0.2, -0.15) is 0 Å². The smallest absolute Gasteiger partial charge is 0.340 e. The number of carboxylic acids is 1. The highest BCUT2D eigenvalue weighted by Gasteiger charge is 2.32. The Morgan fingerprint density at radius 2 is 1.81 bits per heavy atom. The standard InChI is InChI=1S/C14H23NO5S/c1-8(2)14(5,6)7-15-21(18,19)12-10(4)20-9(3)11(12)13(16)17/h8,15H,7H2,1-6H3,(H,16,17). The SMILES string of the molecule is Cc1oc(C)c(S(=O)(=O)NCC(C)(C)C(C)C)c1C(=O)O. The van der Waals surface area contributed by atoms with E-state index in [9.17, 15) is 18.3 Å². The third kappa shape index (κ3) is 3.65. The normalized spacial score (nSPS) is 12.9. The molecule has 21 heavy (non-hydrogen) atoms. The molecule has 0 spiro atoms. The van der Waals surface area contributed by atoms with E-state index in [1.165, 1.54) is 13.8 Å². The number of carboxylic acid groups (broad SMARTS) is 1. The Morgan fingerprint density at radius 3 is 2.24 bits per heavy atom. The van der Waals surface area contributed by atoms with Gasteiger partial charge in [-0.1, -0.05) is 27.7 Å². The predicted octanol–water partition coefficient (Wildman–Crippen LogP) is 2.56. The fourth-order valence-corrected chi connectivity index (χ4v) is 3.42. The van der Waals surface area contributed by atoms with Crippen molar-refractivity contribution in [3.63, 3.8) is 0 Å². The van der Waals surface area contributed by atoms with Gasteiger partial charge in [0.15, 0.2) is 0 Å². The molecule has 0 aliphatic heterocycles. The molecule has 0 unspecified atom stereocenters. The van der Waals surface area contributed by atoms with E-state index in [1.54, 1.807) is 0 Å². The van der Waals surface area contributed by atoms with Gasteiger partial charge in [0.05, 0.1) is 0 Å². The maximum absolute atomic E-state index is 12.4. The summed E-state index contributed by atoms with van der Waals surface area (Å²) in [4.78, 5) is 11.0. The molecule has 0 bridgehead atoms. The van der Waals surface area contributed by atoms with E-state index in [0.29, 0.717) is 0 Å². The summed E-state index contributed by atoms with van der Waals surface area (Å²) >= 11 is 0. The number of aryl methyl sites for hydroxylation is 2. The summed E-state index contributed by atoms with van der Waals surface area (Å²) in [6.07, 6.45) is 0. The van der Waals surface area contributed by atoms with Crippen LogP contribution in [-0.2, 0) is 10.0 Å². The van der Waals surface area contributed by atoms with Crippen molar-refractivity contribution >= 4 is 16.0 Å². The molecule has 1 heterocycles. The summed E-state index contributed by atoms with van der Waals surface area (Å²) in [7, 11) is -3.94. The molecule has 1 aromatic heterocycles. The van der Waals surface area contributed by atoms with Crippen LogP contribution in [0.3, 0.4) is 0 Å². The Bertz CT molecular complexity index is 641. The largest absolute Gasteiger partial charge is 0.478 e. The van der Waals surface area contributed by atoms with Crippen LogP contribution in [0.5, 0.6) is 0 Å². The molecule has 1 rings (SSSR count). The Labute approximate surface area is 125 Å². The van der Waals surface area contributed by atoms with E-state index in [-0.39, 0.29) is 39.9 Å². The first-order valence-corrected chi connectivity index (χ1v) is 8.21. The Kier molecular flexibility index (Phi) is 4.90. The zero-order chi connectivity index (χ0) is 16.6. The minimum atomic E-state index is -3.94. The summed E-state index contributed by atoms with van der Waals surface area (Å²) in [5, 5.41) is 9.19. The minimum Gasteiger partial charge on any atom is -0.478 e. The van der Waals surface area contributed by atoms with Crippen LogP contribution in [0.2, 0.25) is 0 Å². The van der Waals surface area contributed by atoms with Crippen molar-refractivity contribution in [1.29, 1.82) is 0 Å². The molecule has 0 fully saturated rings. The monoisotopic (exact) mass is 317 g/mol. The number of hydrogen-bond acceptors (Lipinski definition) is 4. The number of carbonyl (C=O) groups is 1. The van der Waals surface area contributed by atoms with Gasteiger partial charge in [0, 0.05) is 6.54 Å². The fraction of sp³-hybridized carbons (Fsp3) is 0.643. The van der Waals surface area contributed by atoms with Gasteiger partial charge in [-0.15, -0.1) is 0 Å². The number of rotatable bonds is 6. The molecule has 0 saturated carbocycles. The predicted molar refractivity (Wildman–Crippen MR) is 78.9 cm³/mol. The lowest BCUT2D eigenvalue weighted by atomic mass is 9.81. The molecule has 7 heteroatoms. The van der Waals surface area contributed by atoms with Gasteiger partial charge in [-0.3, -0.25) is 0 Å². The minimum absolute atomic E-state index is 0.0831. The maximum Gasteiger partial charge on any atom is 0.340 e. The van der Waals surface area contributed by atoms with Crippen LogP contribution in [0.25, 0.3) is 0 Å². The maximum atomic E-state index is 12.4. The molecule has 0 aliphatic rings. The summed E-state index contributed by atoms with van der Waals surface area (Å²) in [5.74, 6) is -0.873. The van der Waals surface area contributed by atoms with E-state index in [0.717, 1.165) is 0 Å². The summed E-state index contributed by atoms with van der Waals surface area (Å²) in [6.45, 7) is 11.0. The fourth-order valence-electron chi connectivity index (χ4n) is 1.79. The molecule has 0 saturated heterocycles. The van der Waals surface area contributed by atoms with Crippen molar-refractivity contribution in [2.45, 2.75) is 46.4 Å². The molecule has 0 atom stereocenters. The van der Waals surface area contributed by atoms with Crippen molar-refractivity contribution in [3.8, 4) is 0 Å². The van der Waals surface area contributed by atoms with Crippen molar-refractivity contribution in [1.82, 2.24) is 4.72 Å². The number of hydrogen-bond donors (Lipinski definition) is 2. The van der Waals surface area contributed by atoms with Crippen molar-refractivity contribution in [2.24, 2.45) is 11.3 Å². The van der Waals surface area contributed by atoms with Gasteiger partial charge in [-0.05, 0) is 25.2 Å². The van der Waals surface area contributed by atoms with Gasteiger partial charge < -0.3 is 9.52 Å². The van der Waals surface area contributed by atoms with E-state index in [2.05, 4.69) is 4.72 Å². The zero-order valence-electron chi connectivity index (χ0n) is 13.3. The van der Waals surface area contributed by atoms with Crippen LogP contribution >= 0.6 is 0 Å². The highest BCUT2D eigenvalue weighted by Crippen LogP contribution is 2.29. The number of aromatic carboxylic acids is 1. The second kappa shape index (κ2) is 5.81. The lowest BCUT2D eigenvalue weighted by Gasteiger charge is -2.29. The second-order valence-corrected chi connectivity index (χ2v) is 7.90. The quantitative estimate of drug-likeness (QED) is 0.840. The summed E-state index contributed by atoms with van der Waals surface area (Å²) in [5.41, 5.74) is -0.550.